The zero-order valence-electron chi connectivity index (χ0n) is 10.3. The normalized spacial score (nSPS) is 10.2. The number of methoxy groups -OCH3 is 3. The lowest BCUT2D eigenvalue weighted by Crippen LogP contribution is -1.95. The fourth-order valence-electron chi connectivity index (χ4n) is 1.60. The lowest BCUT2D eigenvalue weighted by molar-refractivity contribution is 0.324. The Kier molecular flexibility index (Phi) is 3.57. The van der Waals surface area contributed by atoms with Crippen LogP contribution in [0.2, 0.25) is 0 Å². The van der Waals surface area contributed by atoms with Crippen molar-refractivity contribution in [3.8, 4) is 33.7 Å². The van der Waals surface area contributed by atoms with E-state index in [0.29, 0.717) is 22.3 Å². The SMILES string of the molecule is COc1cc(-c2nc(O)cs2)cc(OC)c1OC. The third-order valence-corrected chi connectivity index (χ3v) is 3.28. The first-order chi connectivity index (χ1) is 8.69. The van der Waals surface area contributed by atoms with Gasteiger partial charge < -0.3 is 19.3 Å². The minimum Gasteiger partial charge on any atom is -0.493 e. The molecule has 0 aliphatic heterocycles. The van der Waals surface area contributed by atoms with Gasteiger partial charge >= 0.3 is 0 Å². The highest BCUT2D eigenvalue weighted by Crippen LogP contribution is 2.41. The molecule has 0 atom stereocenters. The molecule has 1 aromatic heterocycles. The Morgan fingerprint density at radius 2 is 1.67 bits per heavy atom. The summed E-state index contributed by atoms with van der Waals surface area (Å²) in [5.41, 5.74) is 0.801. The number of ether oxygens (including phenoxy) is 3. The van der Waals surface area contributed by atoms with Gasteiger partial charge in [0.05, 0.1) is 26.7 Å². The first-order valence-corrected chi connectivity index (χ1v) is 6.02. The van der Waals surface area contributed by atoms with Crippen LogP contribution in [-0.2, 0) is 0 Å². The van der Waals surface area contributed by atoms with Gasteiger partial charge in [-0.2, -0.15) is 0 Å². The number of rotatable bonds is 4. The van der Waals surface area contributed by atoms with Crippen LogP contribution in [0.4, 0.5) is 0 Å². The van der Waals surface area contributed by atoms with Crippen molar-refractivity contribution in [2.75, 3.05) is 21.3 Å². The summed E-state index contributed by atoms with van der Waals surface area (Å²) in [6.07, 6.45) is 0. The van der Waals surface area contributed by atoms with Crippen molar-refractivity contribution in [1.82, 2.24) is 4.98 Å². The minimum atomic E-state index is 0.00347. The van der Waals surface area contributed by atoms with Crippen LogP contribution in [0.25, 0.3) is 10.6 Å². The molecule has 0 fully saturated rings. The van der Waals surface area contributed by atoms with E-state index >= 15 is 0 Å². The molecule has 0 saturated carbocycles. The van der Waals surface area contributed by atoms with Crippen LogP contribution in [0.3, 0.4) is 0 Å². The van der Waals surface area contributed by atoms with Crippen molar-refractivity contribution in [2.24, 2.45) is 0 Å². The van der Waals surface area contributed by atoms with E-state index in [4.69, 9.17) is 14.2 Å². The molecule has 0 aliphatic carbocycles. The molecule has 96 valence electrons. The fraction of sp³-hybridized carbons (Fsp3) is 0.250. The molecule has 18 heavy (non-hydrogen) atoms. The van der Waals surface area contributed by atoms with Gasteiger partial charge in [-0.05, 0) is 12.1 Å². The van der Waals surface area contributed by atoms with Gasteiger partial charge in [-0.1, -0.05) is 0 Å². The maximum Gasteiger partial charge on any atom is 0.222 e. The zero-order valence-corrected chi connectivity index (χ0v) is 11.1. The predicted molar refractivity (Wildman–Crippen MR) is 68.9 cm³/mol. The minimum absolute atomic E-state index is 0.00347. The number of hydrogen-bond donors (Lipinski definition) is 1. The maximum atomic E-state index is 9.28. The smallest absolute Gasteiger partial charge is 0.222 e. The number of thiazole rings is 1. The molecular weight excluding hydrogens is 254 g/mol. The summed E-state index contributed by atoms with van der Waals surface area (Å²) in [6, 6.07) is 3.58. The van der Waals surface area contributed by atoms with Crippen molar-refractivity contribution in [3.63, 3.8) is 0 Å². The van der Waals surface area contributed by atoms with E-state index in [1.807, 2.05) is 0 Å². The number of aromatic hydroxyl groups is 1. The highest BCUT2D eigenvalue weighted by atomic mass is 32.1. The van der Waals surface area contributed by atoms with Crippen molar-refractivity contribution >= 4 is 11.3 Å². The van der Waals surface area contributed by atoms with Crippen LogP contribution in [0.5, 0.6) is 23.1 Å². The zero-order chi connectivity index (χ0) is 13.1. The Balaban J connectivity index is 2.56. The highest BCUT2D eigenvalue weighted by molar-refractivity contribution is 7.13. The average molecular weight is 267 g/mol. The molecule has 0 aliphatic rings. The first kappa shape index (κ1) is 12.5. The summed E-state index contributed by atoms with van der Waals surface area (Å²) in [7, 11) is 4.66. The average Bonchev–Trinajstić information content (AvgIpc) is 2.83. The monoisotopic (exact) mass is 267 g/mol. The largest absolute Gasteiger partial charge is 0.493 e. The fourth-order valence-corrected chi connectivity index (χ4v) is 2.27. The molecule has 2 rings (SSSR count). The Bertz CT molecular complexity index is 528. The molecule has 1 N–H and O–H groups in total. The summed E-state index contributed by atoms with van der Waals surface area (Å²) >= 11 is 1.34. The van der Waals surface area contributed by atoms with Gasteiger partial charge in [-0.15, -0.1) is 11.3 Å². The van der Waals surface area contributed by atoms with E-state index in [1.165, 1.54) is 11.3 Å². The summed E-state index contributed by atoms with van der Waals surface area (Å²) in [5, 5.41) is 11.5. The van der Waals surface area contributed by atoms with Crippen molar-refractivity contribution in [3.05, 3.63) is 17.5 Å². The molecule has 0 saturated heterocycles. The first-order valence-electron chi connectivity index (χ1n) is 5.14. The third kappa shape index (κ3) is 2.19. The lowest BCUT2D eigenvalue weighted by atomic mass is 10.2. The highest BCUT2D eigenvalue weighted by Gasteiger charge is 2.15. The van der Waals surface area contributed by atoms with Gasteiger partial charge in [0.2, 0.25) is 11.6 Å². The van der Waals surface area contributed by atoms with Crippen LogP contribution in [-0.4, -0.2) is 31.4 Å². The summed E-state index contributed by atoms with van der Waals surface area (Å²) in [4.78, 5) is 4.01. The van der Waals surface area contributed by atoms with E-state index in [-0.39, 0.29) is 5.88 Å². The molecular formula is C12H13NO4S. The van der Waals surface area contributed by atoms with Gasteiger partial charge in [0.25, 0.3) is 0 Å². The van der Waals surface area contributed by atoms with E-state index < -0.39 is 0 Å². The molecule has 5 nitrogen and oxygen atoms in total. The number of nitrogens with zero attached hydrogens (tertiary/aromatic N) is 1. The molecule has 6 heteroatoms. The quantitative estimate of drug-likeness (QED) is 0.922. The van der Waals surface area contributed by atoms with Gasteiger partial charge in [0.15, 0.2) is 11.5 Å². The van der Waals surface area contributed by atoms with Crippen LogP contribution < -0.4 is 14.2 Å². The molecule has 0 spiro atoms. The van der Waals surface area contributed by atoms with Crippen LogP contribution in [0, 0.1) is 0 Å². The van der Waals surface area contributed by atoms with Crippen molar-refractivity contribution in [1.29, 1.82) is 0 Å². The van der Waals surface area contributed by atoms with Crippen LogP contribution >= 0.6 is 11.3 Å². The molecule has 0 radical (unpaired) electrons. The van der Waals surface area contributed by atoms with Crippen LogP contribution in [0.1, 0.15) is 0 Å². The predicted octanol–water partition coefficient (Wildman–Crippen LogP) is 2.54. The lowest BCUT2D eigenvalue weighted by Gasteiger charge is -2.13. The van der Waals surface area contributed by atoms with Crippen molar-refractivity contribution < 1.29 is 19.3 Å². The molecule has 0 amide bonds. The molecule has 2 aromatic rings. The second-order valence-corrected chi connectivity index (χ2v) is 4.28. The Hall–Kier alpha value is -1.95. The number of hydrogen-bond acceptors (Lipinski definition) is 6. The second-order valence-electron chi connectivity index (χ2n) is 3.42. The van der Waals surface area contributed by atoms with Crippen LogP contribution in [0.15, 0.2) is 17.5 Å². The van der Waals surface area contributed by atoms with E-state index in [9.17, 15) is 5.11 Å². The third-order valence-electron chi connectivity index (χ3n) is 2.40. The summed E-state index contributed by atoms with van der Waals surface area (Å²) in [6.45, 7) is 0. The maximum absolute atomic E-state index is 9.28. The summed E-state index contributed by atoms with van der Waals surface area (Å²) in [5.74, 6) is 1.65. The van der Waals surface area contributed by atoms with Gasteiger partial charge in [0, 0.05) is 5.56 Å². The van der Waals surface area contributed by atoms with Gasteiger partial charge in [0.1, 0.15) is 5.01 Å². The molecule has 0 bridgehead atoms. The topological polar surface area (TPSA) is 60.8 Å². The standard InChI is InChI=1S/C12H13NO4S/c1-15-8-4-7(12-13-10(14)6-18-12)5-9(16-2)11(8)17-3/h4-6,14H,1-3H3. The van der Waals surface area contributed by atoms with Gasteiger partial charge in [-0.3, -0.25) is 0 Å². The van der Waals surface area contributed by atoms with Gasteiger partial charge in [-0.25, -0.2) is 4.98 Å². The second kappa shape index (κ2) is 5.14. The molecule has 0 unspecified atom stereocenters. The Labute approximate surface area is 109 Å². The number of benzene rings is 1. The van der Waals surface area contributed by atoms with E-state index in [2.05, 4.69) is 4.98 Å². The number of aromatic nitrogens is 1. The Morgan fingerprint density at radius 1 is 1.06 bits per heavy atom. The van der Waals surface area contributed by atoms with E-state index in [1.54, 1.807) is 38.8 Å². The summed E-state index contributed by atoms with van der Waals surface area (Å²) < 4.78 is 15.8. The van der Waals surface area contributed by atoms with Crippen molar-refractivity contribution in [2.45, 2.75) is 0 Å². The Morgan fingerprint density at radius 3 is 2.06 bits per heavy atom. The molecule has 1 aromatic carbocycles. The molecule has 1 heterocycles. The van der Waals surface area contributed by atoms with E-state index in [0.717, 1.165) is 5.56 Å².